The summed E-state index contributed by atoms with van der Waals surface area (Å²) < 4.78 is 10.2. The average molecular weight is 312 g/mol. The summed E-state index contributed by atoms with van der Waals surface area (Å²) in [4.78, 5) is 38.6. The predicted octanol–water partition coefficient (Wildman–Crippen LogP) is 1.16. The molecule has 2 aliphatic rings. The van der Waals surface area contributed by atoms with Crippen molar-refractivity contribution in [2.75, 3.05) is 19.7 Å². The highest BCUT2D eigenvalue weighted by molar-refractivity contribution is 5.80. The number of hydrogen-bond acceptors (Lipinski definition) is 5. The van der Waals surface area contributed by atoms with E-state index in [1.54, 1.807) is 9.80 Å². The fourth-order valence-electron chi connectivity index (χ4n) is 2.97. The third-order valence-corrected chi connectivity index (χ3v) is 3.84. The lowest BCUT2D eigenvalue weighted by molar-refractivity contribution is -0.151. The van der Waals surface area contributed by atoms with E-state index < -0.39 is 11.6 Å². The summed E-state index contributed by atoms with van der Waals surface area (Å²) >= 11 is 0. The number of likely N-dealkylation sites (tertiary alicyclic amines) is 1. The van der Waals surface area contributed by atoms with Crippen LogP contribution in [0.5, 0.6) is 0 Å². The molecule has 7 nitrogen and oxygen atoms in total. The number of carbonyl (C=O) groups is 3. The van der Waals surface area contributed by atoms with Gasteiger partial charge in [0.25, 0.3) is 5.91 Å². The molecule has 0 saturated carbocycles. The highest BCUT2D eigenvalue weighted by Gasteiger charge is 2.45. The average Bonchev–Trinajstić information content (AvgIpc) is 2.65. The van der Waals surface area contributed by atoms with E-state index in [1.165, 1.54) is 6.92 Å². The van der Waals surface area contributed by atoms with E-state index in [2.05, 4.69) is 0 Å². The molecule has 7 heteroatoms. The van der Waals surface area contributed by atoms with Crippen molar-refractivity contribution >= 4 is 18.0 Å². The maximum absolute atomic E-state index is 12.3. The Labute approximate surface area is 130 Å². The van der Waals surface area contributed by atoms with E-state index >= 15 is 0 Å². The highest BCUT2D eigenvalue weighted by atomic mass is 16.6. The SMILES string of the molecule is CC(=O)OCC(=O)N1CC2CCC(C1)N2C(=O)OC(C)(C)C. The third kappa shape index (κ3) is 3.90. The zero-order chi connectivity index (χ0) is 16.5. The van der Waals surface area contributed by atoms with Gasteiger partial charge in [-0.05, 0) is 33.6 Å². The van der Waals surface area contributed by atoms with Crippen molar-refractivity contribution in [1.29, 1.82) is 0 Å². The molecule has 0 spiro atoms. The second-order valence-corrected chi connectivity index (χ2v) is 6.85. The zero-order valence-corrected chi connectivity index (χ0v) is 13.6. The Balaban J connectivity index is 1.95. The molecule has 22 heavy (non-hydrogen) atoms. The smallest absolute Gasteiger partial charge is 0.410 e. The van der Waals surface area contributed by atoms with Crippen LogP contribution in [0, 0.1) is 0 Å². The molecule has 0 aromatic carbocycles. The Morgan fingerprint density at radius 2 is 1.64 bits per heavy atom. The Morgan fingerprint density at radius 3 is 2.09 bits per heavy atom. The first-order chi connectivity index (χ1) is 10.2. The first-order valence-electron chi connectivity index (χ1n) is 7.60. The molecule has 2 heterocycles. The summed E-state index contributed by atoms with van der Waals surface area (Å²) in [5.41, 5.74) is -0.529. The summed E-state index contributed by atoms with van der Waals surface area (Å²) in [6, 6.07) is -0.0373. The summed E-state index contributed by atoms with van der Waals surface area (Å²) in [5, 5.41) is 0. The van der Waals surface area contributed by atoms with Gasteiger partial charge < -0.3 is 14.4 Å². The predicted molar refractivity (Wildman–Crippen MR) is 78.1 cm³/mol. The molecule has 2 rings (SSSR count). The number of piperazine rings is 1. The minimum absolute atomic E-state index is 0.0186. The lowest BCUT2D eigenvalue weighted by atomic mass is 10.2. The van der Waals surface area contributed by atoms with Crippen LogP contribution in [0.4, 0.5) is 4.79 Å². The molecule has 2 unspecified atom stereocenters. The second-order valence-electron chi connectivity index (χ2n) is 6.85. The van der Waals surface area contributed by atoms with Gasteiger partial charge in [0.15, 0.2) is 6.61 Å². The topological polar surface area (TPSA) is 76.2 Å². The Hall–Kier alpha value is -1.79. The molecule has 2 saturated heterocycles. The van der Waals surface area contributed by atoms with Crippen LogP contribution in [-0.4, -0.2) is 65.2 Å². The van der Waals surface area contributed by atoms with E-state index in [4.69, 9.17) is 9.47 Å². The van der Waals surface area contributed by atoms with Gasteiger partial charge in [-0.2, -0.15) is 0 Å². The van der Waals surface area contributed by atoms with Crippen molar-refractivity contribution in [3.05, 3.63) is 0 Å². The van der Waals surface area contributed by atoms with Crippen LogP contribution in [0.15, 0.2) is 0 Å². The van der Waals surface area contributed by atoms with Gasteiger partial charge in [0.05, 0.1) is 12.1 Å². The fourth-order valence-corrected chi connectivity index (χ4v) is 2.97. The standard InChI is InChI=1S/C15H24N2O5/c1-10(18)21-9-13(19)16-7-11-5-6-12(8-16)17(11)14(20)22-15(2,3)4/h11-12H,5-9H2,1-4H3. The molecule has 0 aromatic rings. The largest absolute Gasteiger partial charge is 0.456 e. The second kappa shape index (κ2) is 6.14. The first-order valence-corrected chi connectivity index (χ1v) is 7.60. The number of ether oxygens (including phenoxy) is 2. The van der Waals surface area contributed by atoms with Gasteiger partial charge in [-0.25, -0.2) is 4.79 Å². The monoisotopic (exact) mass is 312 g/mol. The van der Waals surface area contributed by atoms with Crippen molar-refractivity contribution in [3.63, 3.8) is 0 Å². The molecule has 2 aliphatic heterocycles. The van der Waals surface area contributed by atoms with E-state index in [0.29, 0.717) is 13.1 Å². The van der Waals surface area contributed by atoms with Crippen LogP contribution in [0.25, 0.3) is 0 Å². The molecule has 0 aromatic heterocycles. The molecule has 2 bridgehead atoms. The van der Waals surface area contributed by atoms with Crippen LogP contribution in [0.3, 0.4) is 0 Å². The van der Waals surface area contributed by atoms with Crippen LogP contribution in [0.2, 0.25) is 0 Å². The van der Waals surface area contributed by atoms with Crippen molar-refractivity contribution < 1.29 is 23.9 Å². The number of hydrogen-bond donors (Lipinski definition) is 0. The van der Waals surface area contributed by atoms with Crippen LogP contribution < -0.4 is 0 Å². The molecule has 124 valence electrons. The first kappa shape index (κ1) is 16.6. The van der Waals surface area contributed by atoms with Crippen LogP contribution in [-0.2, 0) is 19.1 Å². The number of fused-ring (bicyclic) bond motifs is 2. The maximum Gasteiger partial charge on any atom is 0.410 e. The van der Waals surface area contributed by atoms with E-state index in [9.17, 15) is 14.4 Å². The highest BCUT2D eigenvalue weighted by Crippen LogP contribution is 2.31. The Bertz CT molecular complexity index is 457. The number of carbonyl (C=O) groups excluding carboxylic acids is 3. The molecule has 2 amide bonds. The molecule has 2 atom stereocenters. The summed E-state index contributed by atoms with van der Waals surface area (Å²) in [6.07, 6.45) is 1.41. The summed E-state index contributed by atoms with van der Waals surface area (Å²) in [5.74, 6) is -0.681. The number of amides is 2. The van der Waals surface area contributed by atoms with Crippen LogP contribution >= 0.6 is 0 Å². The van der Waals surface area contributed by atoms with Gasteiger partial charge in [0.1, 0.15) is 5.60 Å². The van der Waals surface area contributed by atoms with Crippen molar-refractivity contribution in [3.8, 4) is 0 Å². The number of nitrogens with zero attached hydrogens (tertiary/aromatic N) is 2. The Morgan fingerprint density at radius 1 is 1.09 bits per heavy atom. The van der Waals surface area contributed by atoms with Gasteiger partial charge in [-0.15, -0.1) is 0 Å². The molecule has 0 aliphatic carbocycles. The number of esters is 1. The lowest BCUT2D eigenvalue weighted by Gasteiger charge is -2.41. The van der Waals surface area contributed by atoms with Crippen molar-refractivity contribution in [2.24, 2.45) is 0 Å². The van der Waals surface area contributed by atoms with Gasteiger partial charge in [-0.1, -0.05) is 0 Å². The Kier molecular flexibility index (Phi) is 4.63. The molecule has 0 radical (unpaired) electrons. The summed E-state index contributed by atoms with van der Waals surface area (Å²) in [7, 11) is 0. The van der Waals surface area contributed by atoms with Gasteiger partial charge in [0, 0.05) is 20.0 Å². The third-order valence-electron chi connectivity index (χ3n) is 3.84. The van der Waals surface area contributed by atoms with E-state index in [1.807, 2.05) is 20.8 Å². The minimum atomic E-state index is -0.529. The van der Waals surface area contributed by atoms with E-state index in [-0.39, 0.29) is 30.7 Å². The molecule has 2 fully saturated rings. The van der Waals surface area contributed by atoms with Crippen LogP contribution in [0.1, 0.15) is 40.5 Å². The van der Waals surface area contributed by atoms with Crippen molar-refractivity contribution in [2.45, 2.75) is 58.2 Å². The molecular formula is C15H24N2O5. The molecule has 0 N–H and O–H groups in total. The molecular weight excluding hydrogens is 288 g/mol. The number of rotatable bonds is 2. The van der Waals surface area contributed by atoms with Crippen molar-refractivity contribution in [1.82, 2.24) is 9.80 Å². The van der Waals surface area contributed by atoms with E-state index in [0.717, 1.165) is 12.8 Å². The van der Waals surface area contributed by atoms with Gasteiger partial charge >= 0.3 is 12.1 Å². The normalized spacial score (nSPS) is 24.2. The minimum Gasteiger partial charge on any atom is -0.456 e. The van der Waals surface area contributed by atoms with Gasteiger partial charge in [-0.3, -0.25) is 14.5 Å². The quantitative estimate of drug-likeness (QED) is 0.715. The van der Waals surface area contributed by atoms with Gasteiger partial charge in [0.2, 0.25) is 0 Å². The maximum atomic E-state index is 12.3. The zero-order valence-electron chi connectivity index (χ0n) is 13.6. The summed E-state index contributed by atoms with van der Waals surface area (Å²) in [6.45, 7) is 7.49. The lowest BCUT2D eigenvalue weighted by Crippen LogP contribution is -2.58. The fraction of sp³-hybridized carbons (Fsp3) is 0.800.